The summed E-state index contributed by atoms with van der Waals surface area (Å²) < 4.78 is 5.00. The lowest BCUT2D eigenvalue weighted by Crippen LogP contribution is -2.33. The molecule has 4 nitrogen and oxygen atoms in total. The number of aryl methyl sites for hydroxylation is 1. The predicted molar refractivity (Wildman–Crippen MR) is 83.2 cm³/mol. The molecule has 0 aromatic heterocycles. The fraction of sp³-hybridized carbons (Fsp3) is 0.471. The molecular formula is C17H23NO3. The Hall–Kier alpha value is -1.83. The molecule has 2 N–H and O–H groups in total. The maximum absolute atomic E-state index is 12.2. The molecular weight excluding hydrogens is 266 g/mol. The molecule has 0 fully saturated rings. The Bertz CT molecular complexity index is 529. The van der Waals surface area contributed by atoms with E-state index in [1.807, 2.05) is 19.9 Å². The summed E-state index contributed by atoms with van der Waals surface area (Å²) in [4.78, 5) is 12.2. The number of amides is 1. The maximum Gasteiger partial charge on any atom is 0.251 e. The highest BCUT2D eigenvalue weighted by atomic mass is 16.5. The number of rotatable bonds is 6. The minimum Gasteiger partial charge on any atom is -0.395 e. The molecule has 0 aliphatic heterocycles. The van der Waals surface area contributed by atoms with Crippen LogP contribution in [0.3, 0.4) is 0 Å². The van der Waals surface area contributed by atoms with Crippen molar-refractivity contribution in [3.8, 4) is 11.8 Å². The van der Waals surface area contributed by atoms with Crippen molar-refractivity contribution in [1.82, 2.24) is 5.32 Å². The number of aliphatic hydroxyl groups is 1. The summed E-state index contributed by atoms with van der Waals surface area (Å²) in [7, 11) is 1.64. The van der Waals surface area contributed by atoms with Crippen molar-refractivity contribution in [2.75, 3.05) is 20.3 Å². The molecule has 0 spiro atoms. The van der Waals surface area contributed by atoms with Gasteiger partial charge in [-0.25, -0.2) is 0 Å². The molecule has 0 heterocycles. The average molecular weight is 289 g/mol. The Morgan fingerprint density at radius 1 is 1.48 bits per heavy atom. The molecule has 21 heavy (non-hydrogen) atoms. The van der Waals surface area contributed by atoms with E-state index in [9.17, 15) is 4.79 Å². The van der Waals surface area contributed by atoms with Crippen molar-refractivity contribution in [3.05, 3.63) is 34.9 Å². The third kappa shape index (κ3) is 5.99. The molecule has 0 aliphatic rings. The first-order valence-corrected chi connectivity index (χ1v) is 7.08. The fourth-order valence-corrected chi connectivity index (χ4v) is 1.79. The fourth-order valence-electron chi connectivity index (χ4n) is 1.79. The number of ether oxygens (including phenoxy) is 1. The Balaban J connectivity index is 2.77. The van der Waals surface area contributed by atoms with Crippen LogP contribution < -0.4 is 5.32 Å². The molecule has 1 unspecified atom stereocenters. The van der Waals surface area contributed by atoms with E-state index in [2.05, 4.69) is 17.2 Å². The van der Waals surface area contributed by atoms with Gasteiger partial charge in [0, 0.05) is 37.3 Å². The number of nitrogens with one attached hydrogen (secondary N) is 1. The highest BCUT2D eigenvalue weighted by Crippen LogP contribution is 2.10. The molecule has 114 valence electrons. The van der Waals surface area contributed by atoms with Gasteiger partial charge in [-0.2, -0.15) is 0 Å². The van der Waals surface area contributed by atoms with Crippen molar-refractivity contribution < 1.29 is 14.6 Å². The molecule has 1 rings (SSSR count). The van der Waals surface area contributed by atoms with Crippen LogP contribution >= 0.6 is 0 Å². The van der Waals surface area contributed by atoms with Crippen LogP contribution in [0.25, 0.3) is 0 Å². The van der Waals surface area contributed by atoms with Crippen molar-refractivity contribution in [2.45, 2.75) is 32.7 Å². The topological polar surface area (TPSA) is 58.6 Å². The lowest BCUT2D eigenvalue weighted by atomic mass is 10.0. The standard InChI is InChI=1S/C17H23NO3/c1-13-7-8-16(12-15(13)6-4-5-10-19)17(20)18-14(2)9-11-21-3/h7-8,12,14,19H,5,9-11H2,1-3H3,(H,18,20). The number of benzene rings is 1. The van der Waals surface area contributed by atoms with Gasteiger partial charge in [0.25, 0.3) is 5.91 Å². The van der Waals surface area contributed by atoms with E-state index in [4.69, 9.17) is 9.84 Å². The number of hydrogen-bond donors (Lipinski definition) is 2. The average Bonchev–Trinajstić information content (AvgIpc) is 2.47. The Kier molecular flexibility index (Phi) is 7.52. The van der Waals surface area contributed by atoms with E-state index in [0.717, 1.165) is 17.5 Å². The SMILES string of the molecule is COCCC(C)NC(=O)c1ccc(C)c(C#CCCO)c1. The predicted octanol–water partition coefficient (Wildman–Crippen LogP) is 1.88. The Labute approximate surface area is 126 Å². The lowest BCUT2D eigenvalue weighted by molar-refractivity contribution is 0.0929. The van der Waals surface area contributed by atoms with Crippen molar-refractivity contribution in [1.29, 1.82) is 0 Å². The third-order valence-electron chi connectivity index (χ3n) is 3.09. The number of methoxy groups -OCH3 is 1. The highest BCUT2D eigenvalue weighted by molar-refractivity contribution is 5.94. The second-order valence-electron chi connectivity index (χ2n) is 4.96. The monoisotopic (exact) mass is 289 g/mol. The van der Waals surface area contributed by atoms with Crippen LogP contribution in [0.15, 0.2) is 18.2 Å². The van der Waals surface area contributed by atoms with Gasteiger partial charge in [0.15, 0.2) is 0 Å². The molecule has 0 saturated heterocycles. The lowest BCUT2D eigenvalue weighted by Gasteiger charge is -2.13. The zero-order valence-electron chi connectivity index (χ0n) is 12.9. The van der Waals surface area contributed by atoms with Crippen LogP contribution in [-0.2, 0) is 4.74 Å². The van der Waals surface area contributed by atoms with Gasteiger partial charge >= 0.3 is 0 Å². The van der Waals surface area contributed by atoms with Gasteiger partial charge in [-0.15, -0.1) is 0 Å². The zero-order chi connectivity index (χ0) is 15.7. The minimum atomic E-state index is -0.108. The summed E-state index contributed by atoms with van der Waals surface area (Å²) in [5, 5.41) is 11.7. The molecule has 0 saturated carbocycles. The first-order valence-electron chi connectivity index (χ1n) is 7.08. The quantitative estimate of drug-likeness (QED) is 0.786. The number of carbonyl (C=O) groups is 1. The van der Waals surface area contributed by atoms with Gasteiger partial charge in [0.2, 0.25) is 0 Å². The van der Waals surface area contributed by atoms with Crippen LogP contribution in [0.5, 0.6) is 0 Å². The van der Waals surface area contributed by atoms with Gasteiger partial charge in [-0.1, -0.05) is 17.9 Å². The summed E-state index contributed by atoms with van der Waals surface area (Å²) in [5.41, 5.74) is 2.43. The van der Waals surface area contributed by atoms with E-state index < -0.39 is 0 Å². The van der Waals surface area contributed by atoms with Crippen LogP contribution in [-0.4, -0.2) is 37.4 Å². The molecule has 0 bridgehead atoms. The normalized spacial score (nSPS) is 11.4. The number of carbonyl (C=O) groups excluding carboxylic acids is 1. The smallest absolute Gasteiger partial charge is 0.251 e. The summed E-state index contributed by atoms with van der Waals surface area (Å²) in [6.07, 6.45) is 1.21. The first kappa shape index (κ1) is 17.2. The second kappa shape index (κ2) is 9.17. The summed E-state index contributed by atoms with van der Waals surface area (Å²) in [6, 6.07) is 5.53. The van der Waals surface area contributed by atoms with E-state index >= 15 is 0 Å². The molecule has 1 aromatic rings. The van der Waals surface area contributed by atoms with Gasteiger partial charge < -0.3 is 15.2 Å². The minimum absolute atomic E-state index is 0.0449. The summed E-state index contributed by atoms with van der Waals surface area (Å²) in [6.45, 7) is 4.56. The summed E-state index contributed by atoms with van der Waals surface area (Å²) in [5.74, 6) is 5.76. The number of hydrogen-bond acceptors (Lipinski definition) is 3. The second-order valence-corrected chi connectivity index (χ2v) is 4.96. The zero-order valence-corrected chi connectivity index (χ0v) is 12.9. The van der Waals surface area contributed by atoms with Crippen LogP contribution in [0, 0.1) is 18.8 Å². The third-order valence-corrected chi connectivity index (χ3v) is 3.09. The van der Waals surface area contributed by atoms with Crippen LogP contribution in [0.2, 0.25) is 0 Å². The maximum atomic E-state index is 12.2. The van der Waals surface area contributed by atoms with Crippen molar-refractivity contribution >= 4 is 5.91 Å². The van der Waals surface area contributed by atoms with E-state index in [1.165, 1.54) is 0 Å². The summed E-state index contributed by atoms with van der Waals surface area (Å²) >= 11 is 0. The Morgan fingerprint density at radius 3 is 2.90 bits per heavy atom. The van der Waals surface area contributed by atoms with Gasteiger partial charge in [0.1, 0.15) is 0 Å². The van der Waals surface area contributed by atoms with Crippen LogP contribution in [0.1, 0.15) is 41.3 Å². The van der Waals surface area contributed by atoms with Gasteiger partial charge in [-0.05, 0) is 38.0 Å². The van der Waals surface area contributed by atoms with E-state index in [1.54, 1.807) is 19.2 Å². The molecule has 0 radical (unpaired) electrons. The highest BCUT2D eigenvalue weighted by Gasteiger charge is 2.10. The van der Waals surface area contributed by atoms with Crippen molar-refractivity contribution in [2.24, 2.45) is 0 Å². The van der Waals surface area contributed by atoms with Crippen molar-refractivity contribution in [3.63, 3.8) is 0 Å². The molecule has 1 amide bonds. The van der Waals surface area contributed by atoms with Gasteiger partial charge in [-0.3, -0.25) is 4.79 Å². The van der Waals surface area contributed by atoms with Gasteiger partial charge in [0.05, 0.1) is 6.61 Å². The first-order chi connectivity index (χ1) is 10.1. The molecule has 1 aromatic carbocycles. The van der Waals surface area contributed by atoms with E-state index in [-0.39, 0.29) is 18.6 Å². The Morgan fingerprint density at radius 2 is 2.24 bits per heavy atom. The number of aliphatic hydroxyl groups excluding tert-OH is 1. The molecule has 4 heteroatoms. The van der Waals surface area contributed by atoms with E-state index in [0.29, 0.717) is 18.6 Å². The molecule has 1 atom stereocenters. The largest absolute Gasteiger partial charge is 0.395 e. The van der Waals surface area contributed by atoms with Crippen LogP contribution in [0.4, 0.5) is 0 Å². The molecule has 0 aliphatic carbocycles.